The van der Waals surface area contributed by atoms with Crippen LogP contribution in [0.1, 0.15) is 18.6 Å². The molecule has 0 aliphatic carbocycles. The molecular formula is C8H11ClO3. The maximum atomic E-state index is 9.45. The number of hydrogen-bond donors (Lipinski definition) is 1. The second-order valence-corrected chi connectivity index (χ2v) is 2.67. The predicted molar refractivity (Wildman–Crippen MR) is 45.2 cm³/mol. The minimum atomic E-state index is -0.698. The van der Waals surface area contributed by atoms with Gasteiger partial charge in [0.05, 0.1) is 12.9 Å². The molecule has 68 valence electrons. The van der Waals surface area contributed by atoms with Gasteiger partial charge in [-0.1, -0.05) is 0 Å². The van der Waals surface area contributed by atoms with Crippen molar-refractivity contribution in [3.8, 4) is 0 Å². The van der Waals surface area contributed by atoms with Crippen molar-refractivity contribution in [3.05, 3.63) is 23.1 Å². The average Bonchev–Trinajstić information content (AvgIpc) is 2.47. The third-order valence-electron chi connectivity index (χ3n) is 1.48. The quantitative estimate of drug-likeness (QED) is 0.790. The van der Waals surface area contributed by atoms with Gasteiger partial charge < -0.3 is 14.3 Å². The van der Waals surface area contributed by atoms with E-state index in [1.54, 1.807) is 6.07 Å². The van der Waals surface area contributed by atoms with Gasteiger partial charge >= 0.3 is 0 Å². The standard InChI is InChI=1S/C8H11ClO3/c1-2-11-5-7(10)6-3-4-12-8(6)9/h3-4,7,10H,2,5H2,1H3. The lowest BCUT2D eigenvalue weighted by molar-refractivity contribution is 0.0418. The van der Waals surface area contributed by atoms with Gasteiger partial charge in [-0.25, -0.2) is 0 Å². The van der Waals surface area contributed by atoms with E-state index in [-0.39, 0.29) is 11.8 Å². The Morgan fingerprint density at radius 2 is 2.50 bits per heavy atom. The molecule has 0 saturated heterocycles. The highest BCUT2D eigenvalue weighted by Crippen LogP contribution is 2.23. The summed E-state index contributed by atoms with van der Waals surface area (Å²) in [5.41, 5.74) is 0.574. The lowest BCUT2D eigenvalue weighted by Crippen LogP contribution is -2.06. The summed E-state index contributed by atoms with van der Waals surface area (Å²) in [5.74, 6) is 0. The largest absolute Gasteiger partial charge is 0.453 e. The Kier molecular flexibility index (Phi) is 3.59. The molecule has 0 saturated carbocycles. The highest BCUT2D eigenvalue weighted by molar-refractivity contribution is 6.29. The van der Waals surface area contributed by atoms with Crippen LogP contribution in [0.4, 0.5) is 0 Å². The van der Waals surface area contributed by atoms with E-state index in [0.717, 1.165) is 0 Å². The van der Waals surface area contributed by atoms with Crippen molar-refractivity contribution in [2.24, 2.45) is 0 Å². The molecule has 0 spiro atoms. The molecule has 1 heterocycles. The second kappa shape index (κ2) is 4.50. The Bertz CT molecular complexity index is 234. The highest BCUT2D eigenvalue weighted by Gasteiger charge is 2.13. The van der Waals surface area contributed by atoms with Crippen molar-refractivity contribution in [2.45, 2.75) is 13.0 Å². The Hall–Kier alpha value is -0.510. The molecule has 0 aromatic carbocycles. The molecule has 0 fully saturated rings. The Labute approximate surface area is 75.9 Å². The summed E-state index contributed by atoms with van der Waals surface area (Å²) in [6.07, 6.45) is 0.739. The topological polar surface area (TPSA) is 42.6 Å². The molecule has 0 aliphatic heterocycles. The maximum absolute atomic E-state index is 9.45. The summed E-state index contributed by atoms with van der Waals surface area (Å²) >= 11 is 5.63. The average molecular weight is 191 g/mol. The van der Waals surface area contributed by atoms with Crippen LogP contribution in [0.5, 0.6) is 0 Å². The molecule has 1 N–H and O–H groups in total. The molecule has 3 nitrogen and oxygen atoms in total. The summed E-state index contributed by atoms with van der Waals surface area (Å²) in [7, 11) is 0. The van der Waals surface area contributed by atoms with Crippen LogP contribution in [-0.2, 0) is 4.74 Å². The Balaban J connectivity index is 2.52. The van der Waals surface area contributed by atoms with Crippen molar-refractivity contribution >= 4 is 11.6 Å². The minimum Gasteiger partial charge on any atom is -0.453 e. The van der Waals surface area contributed by atoms with Crippen molar-refractivity contribution in [1.82, 2.24) is 0 Å². The smallest absolute Gasteiger partial charge is 0.198 e. The van der Waals surface area contributed by atoms with Gasteiger partial charge in [-0.05, 0) is 24.6 Å². The lowest BCUT2D eigenvalue weighted by Gasteiger charge is -2.07. The molecule has 0 radical (unpaired) electrons. The van der Waals surface area contributed by atoms with Gasteiger partial charge in [-0.3, -0.25) is 0 Å². The van der Waals surface area contributed by atoms with Gasteiger partial charge in [-0.15, -0.1) is 0 Å². The number of aliphatic hydroxyl groups excluding tert-OH is 1. The van der Waals surface area contributed by atoms with Crippen molar-refractivity contribution in [1.29, 1.82) is 0 Å². The first kappa shape index (κ1) is 9.58. The normalized spacial score (nSPS) is 13.2. The molecule has 0 bridgehead atoms. The minimum absolute atomic E-state index is 0.224. The first-order valence-corrected chi connectivity index (χ1v) is 4.12. The number of furan rings is 1. The summed E-state index contributed by atoms with van der Waals surface area (Å²) in [6, 6.07) is 1.63. The SMILES string of the molecule is CCOCC(O)c1ccoc1Cl. The van der Waals surface area contributed by atoms with Crippen LogP contribution < -0.4 is 0 Å². The van der Waals surface area contributed by atoms with Crippen molar-refractivity contribution in [3.63, 3.8) is 0 Å². The molecule has 1 aromatic rings. The van der Waals surface area contributed by atoms with E-state index >= 15 is 0 Å². The molecule has 1 rings (SSSR count). The zero-order valence-electron chi connectivity index (χ0n) is 6.79. The predicted octanol–water partition coefficient (Wildman–Crippen LogP) is 2.00. The van der Waals surface area contributed by atoms with E-state index in [4.69, 9.17) is 20.8 Å². The molecule has 12 heavy (non-hydrogen) atoms. The highest BCUT2D eigenvalue weighted by atomic mass is 35.5. The van der Waals surface area contributed by atoms with Gasteiger partial charge in [0.2, 0.25) is 0 Å². The van der Waals surface area contributed by atoms with E-state index in [2.05, 4.69) is 0 Å². The van der Waals surface area contributed by atoms with E-state index < -0.39 is 6.10 Å². The summed E-state index contributed by atoms with van der Waals surface area (Å²) < 4.78 is 9.84. The second-order valence-electron chi connectivity index (χ2n) is 2.32. The van der Waals surface area contributed by atoms with Crippen LogP contribution in [0.25, 0.3) is 0 Å². The first-order chi connectivity index (χ1) is 5.75. The summed E-state index contributed by atoms with van der Waals surface area (Å²) in [6.45, 7) is 2.69. The lowest BCUT2D eigenvalue weighted by atomic mass is 10.2. The summed E-state index contributed by atoms with van der Waals surface area (Å²) in [4.78, 5) is 0. The van der Waals surface area contributed by atoms with E-state index in [9.17, 15) is 5.11 Å². The Morgan fingerprint density at radius 1 is 1.75 bits per heavy atom. The molecule has 0 aliphatic rings. The number of halogens is 1. The molecule has 1 unspecified atom stereocenters. The maximum Gasteiger partial charge on any atom is 0.198 e. The van der Waals surface area contributed by atoms with Gasteiger partial charge in [0.25, 0.3) is 0 Å². The third-order valence-corrected chi connectivity index (χ3v) is 1.79. The summed E-state index contributed by atoms with van der Waals surface area (Å²) in [5, 5.41) is 9.68. The number of rotatable bonds is 4. The van der Waals surface area contributed by atoms with E-state index in [1.165, 1.54) is 6.26 Å². The fourth-order valence-corrected chi connectivity index (χ4v) is 1.10. The van der Waals surface area contributed by atoms with Gasteiger partial charge in [0, 0.05) is 12.2 Å². The molecular weight excluding hydrogens is 180 g/mol. The van der Waals surface area contributed by atoms with Crippen LogP contribution in [0.3, 0.4) is 0 Å². The van der Waals surface area contributed by atoms with Gasteiger partial charge in [0.15, 0.2) is 5.22 Å². The van der Waals surface area contributed by atoms with Crippen LogP contribution in [-0.4, -0.2) is 18.3 Å². The number of aliphatic hydroxyl groups is 1. The number of ether oxygens (including phenoxy) is 1. The van der Waals surface area contributed by atoms with Crippen LogP contribution in [0.2, 0.25) is 5.22 Å². The number of hydrogen-bond acceptors (Lipinski definition) is 3. The zero-order chi connectivity index (χ0) is 8.97. The Morgan fingerprint density at radius 3 is 3.00 bits per heavy atom. The van der Waals surface area contributed by atoms with E-state index in [1.807, 2.05) is 6.92 Å². The third kappa shape index (κ3) is 2.24. The van der Waals surface area contributed by atoms with Crippen LogP contribution >= 0.6 is 11.6 Å². The molecule has 0 amide bonds. The van der Waals surface area contributed by atoms with Crippen LogP contribution in [0.15, 0.2) is 16.7 Å². The molecule has 1 aromatic heterocycles. The van der Waals surface area contributed by atoms with Gasteiger partial charge in [-0.2, -0.15) is 0 Å². The molecule has 4 heteroatoms. The first-order valence-electron chi connectivity index (χ1n) is 3.74. The van der Waals surface area contributed by atoms with Crippen molar-refractivity contribution in [2.75, 3.05) is 13.2 Å². The van der Waals surface area contributed by atoms with Gasteiger partial charge in [0.1, 0.15) is 6.10 Å². The fraction of sp³-hybridized carbons (Fsp3) is 0.500. The van der Waals surface area contributed by atoms with Crippen molar-refractivity contribution < 1.29 is 14.3 Å². The molecule has 1 atom stereocenters. The van der Waals surface area contributed by atoms with Crippen LogP contribution in [0, 0.1) is 0 Å². The fourth-order valence-electron chi connectivity index (χ4n) is 0.862. The zero-order valence-corrected chi connectivity index (χ0v) is 7.54. The van der Waals surface area contributed by atoms with E-state index in [0.29, 0.717) is 12.2 Å². The monoisotopic (exact) mass is 190 g/mol.